The van der Waals surface area contributed by atoms with Crippen molar-refractivity contribution in [2.24, 2.45) is 0 Å². The Labute approximate surface area is 126 Å². The van der Waals surface area contributed by atoms with Crippen molar-refractivity contribution in [1.29, 1.82) is 0 Å². The molecule has 2 aromatic carbocycles. The van der Waals surface area contributed by atoms with E-state index in [2.05, 4.69) is 31.2 Å². The van der Waals surface area contributed by atoms with Crippen molar-refractivity contribution in [2.45, 2.75) is 39.7 Å². The lowest BCUT2D eigenvalue weighted by Gasteiger charge is -2.30. The van der Waals surface area contributed by atoms with Gasteiger partial charge in [-0.3, -0.25) is 4.79 Å². The highest BCUT2D eigenvalue weighted by Crippen LogP contribution is 2.39. The molecule has 0 bridgehead atoms. The number of aryl methyl sites for hydroxylation is 1. The van der Waals surface area contributed by atoms with Crippen LogP contribution in [0, 0.1) is 0 Å². The smallest absolute Gasteiger partial charge is 0.224 e. The molecular formula is C19H21NO. The van der Waals surface area contributed by atoms with Crippen molar-refractivity contribution >= 4 is 11.6 Å². The van der Waals surface area contributed by atoms with Gasteiger partial charge in [-0.2, -0.15) is 0 Å². The highest BCUT2D eigenvalue weighted by atomic mass is 16.2. The van der Waals surface area contributed by atoms with Crippen LogP contribution in [0.15, 0.2) is 42.5 Å². The number of amides is 1. The number of hydrogen-bond donors (Lipinski definition) is 0. The Morgan fingerprint density at radius 3 is 2.71 bits per heavy atom. The van der Waals surface area contributed by atoms with Crippen molar-refractivity contribution in [1.82, 2.24) is 0 Å². The zero-order valence-corrected chi connectivity index (χ0v) is 12.7. The molecule has 0 fully saturated rings. The van der Waals surface area contributed by atoms with Gasteiger partial charge in [-0.05, 0) is 35.6 Å². The molecule has 0 spiro atoms. The lowest BCUT2D eigenvalue weighted by Crippen LogP contribution is -2.30. The van der Waals surface area contributed by atoms with Gasteiger partial charge in [0.15, 0.2) is 0 Å². The number of benzene rings is 2. The summed E-state index contributed by atoms with van der Waals surface area (Å²) in [5.74, 6) is 0.100. The molecule has 0 unspecified atom stereocenters. The Morgan fingerprint density at radius 2 is 1.95 bits per heavy atom. The van der Waals surface area contributed by atoms with Crippen LogP contribution in [-0.4, -0.2) is 5.91 Å². The molecule has 1 aliphatic rings. The summed E-state index contributed by atoms with van der Waals surface area (Å²) in [5.41, 5.74) is 6.12. The molecule has 2 aromatic rings. The van der Waals surface area contributed by atoms with Crippen LogP contribution < -0.4 is 4.90 Å². The number of rotatable bonds is 3. The number of carbonyl (C=O) groups excluding carboxylic acids is 1. The van der Waals surface area contributed by atoms with E-state index in [1.807, 2.05) is 23.1 Å². The highest BCUT2D eigenvalue weighted by molar-refractivity contribution is 5.99. The van der Waals surface area contributed by atoms with Gasteiger partial charge in [-0.15, -0.1) is 0 Å². The molecule has 1 heterocycles. The van der Waals surface area contributed by atoms with E-state index in [0.717, 1.165) is 12.1 Å². The summed E-state index contributed by atoms with van der Waals surface area (Å²) in [4.78, 5) is 13.8. The van der Waals surface area contributed by atoms with Gasteiger partial charge in [-0.25, -0.2) is 0 Å². The Balaban J connectivity index is 2.07. The maximum Gasteiger partial charge on any atom is 0.224 e. The molecule has 0 N–H and O–H groups in total. The van der Waals surface area contributed by atoms with Crippen molar-refractivity contribution in [3.05, 3.63) is 53.6 Å². The van der Waals surface area contributed by atoms with E-state index >= 15 is 0 Å². The van der Waals surface area contributed by atoms with Crippen LogP contribution in [0.5, 0.6) is 0 Å². The van der Waals surface area contributed by atoms with Gasteiger partial charge >= 0.3 is 0 Å². The van der Waals surface area contributed by atoms with Crippen LogP contribution in [0.2, 0.25) is 0 Å². The largest absolute Gasteiger partial charge is 0.308 e. The topological polar surface area (TPSA) is 20.3 Å². The van der Waals surface area contributed by atoms with Crippen LogP contribution in [-0.2, 0) is 17.8 Å². The minimum absolute atomic E-state index is 0.100. The minimum Gasteiger partial charge on any atom is -0.308 e. The monoisotopic (exact) mass is 279 g/mol. The number of nitrogens with zero attached hydrogens (tertiary/aromatic N) is 1. The highest BCUT2D eigenvalue weighted by Gasteiger charge is 2.24. The Bertz CT molecular complexity index is 675. The minimum atomic E-state index is 0.100. The standard InChI is InChI=1S/C19H21NO/c1-3-4-7-15-10-11-16-13-20(14(2)21)19-9-6-5-8-17(19)18(16)12-15/h5-6,8-12H,3-4,7,13H2,1-2H3. The molecule has 0 aromatic heterocycles. The van der Waals surface area contributed by atoms with Gasteiger partial charge in [0.05, 0.1) is 12.2 Å². The van der Waals surface area contributed by atoms with Crippen molar-refractivity contribution in [2.75, 3.05) is 4.90 Å². The zero-order chi connectivity index (χ0) is 14.8. The molecule has 0 aliphatic carbocycles. The molecule has 0 atom stereocenters. The van der Waals surface area contributed by atoms with Gasteiger partial charge in [0.1, 0.15) is 0 Å². The van der Waals surface area contributed by atoms with E-state index in [1.165, 1.54) is 35.1 Å². The summed E-state index contributed by atoms with van der Waals surface area (Å²) < 4.78 is 0. The molecule has 0 radical (unpaired) electrons. The molecule has 2 nitrogen and oxygen atoms in total. The molecule has 1 aliphatic heterocycles. The SMILES string of the molecule is CCCCc1ccc2c(c1)-c1ccccc1N(C(C)=O)C2. The zero-order valence-electron chi connectivity index (χ0n) is 12.7. The number of fused-ring (bicyclic) bond motifs is 3. The summed E-state index contributed by atoms with van der Waals surface area (Å²) >= 11 is 0. The van der Waals surface area contributed by atoms with Crippen LogP contribution in [0.3, 0.4) is 0 Å². The van der Waals surface area contributed by atoms with Crippen LogP contribution in [0.1, 0.15) is 37.8 Å². The number of para-hydroxylation sites is 1. The average molecular weight is 279 g/mol. The Kier molecular flexibility index (Phi) is 3.78. The molecule has 1 amide bonds. The third-order valence-corrected chi connectivity index (χ3v) is 4.19. The first-order valence-electron chi connectivity index (χ1n) is 7.70. The number of hydrogen-bond acceptors (Lipinski definition) is 1. The number of carbonyl (C=O) groups is 1. The summed E-state index contributed by atoms with van der Waals surface area (Å²) in [6.45, 7) is 4.53. The predicted octanol–water partition coefficient (Wildman–Crippen LogP) is 4.56. The van der Waals surface area contributed by atoms with Gasteiger partial charge < -0.3 is 4.90 Å². The predicted molar refractivity (Wildman–Crippen MR) is 87.4 cm³/mol. The summed E-state index contributed by atoms with van der Waals surface area (Å²) in [6, 6.07) is 14.9. The van der Waals surface area contributed by atoms with E-state index in [4.69, 9.17) is 0 Å². The second kappa shape index (κ2) is 5.72. The van der Waals surface area contributed by atoms with E-state index in [1.54, 1.807) is 6.92 Å². The van der Waals surface area contributed by atoms with Gasteiger partial charge in [0.25, 0.3) is 0 Å². The number of unbranched alkanes of at least 4 members (excludes halogenated alkanes) is 1. The molecular weight excluding hydrogens is 258 g/mol. The van der Waals surface area contributed by atoms with Crippen LogP contribution in [0.25, 0.3) is 11.1 Å². The van der Waals surface area contributed by atoms with E-state index in [-0.39, 0.29) is 5.91 Å². The quantitative estimate of drug-likeness (QED) is 0.806. The molecule has 2 heteroatoms. The van der Waals surface area contributed by atoms with E-state index in [9.17, 15) is 4.79 Å². The fraction of sp³-hybridized carbons (Fsp3) is 0.316. The van der Waals surface area contributed by atoms with Crippen molar-refractivity contribution in [3.63, 3.8) is 0 Å². The van der Waals surface area contributed by atoms with Gasteiger partial charge in [0, 0.05) is 12.5 Å². The van der Waals surface area contributed by atoms with Gasteiger partial charge in [-0.1, -0.05) is 49.7 Å². The summed E-state index contributed by atoms with van der Waals surface area (Å²) in [7, 11) is 0. The van der Waals surface area contributed by atoms with Crippen LogP contribution >= 0.6 is 0 Å². The fourth-order valence-electron chi connectivity index (χ4n) is 3.02. The first-order valence-corrected chi connectivity index (χ1v) is 7.70. The molecule has 0 saturated heterocycles. The van der Waals surface area contributed by atoms with E-state index in [0.29, 0.717) is 6.54 Å². The van der Waals surface area contributed by atoms with Gasteiger partial charge in [0.2, 0.25) is 5.91 Å². The Morgan fingerprint density at radius 1 is 1.14 bits per heavy atom. The third kappa shape index (κ3) is 2.58. The molecule has 3 rings (SSSR count). The van der Waals surface area contributed by atoms with Crippen molar-refractivity contribution < 1.29 is 4.79 Å². The first-order chi connectivity index (χ1) is 10.2. The van der Waals surface area contributed by atoms with Crippen molar-refractivity contribution in [3.8, 4) is 11.1 Å². The lowest BCUT2D eigenvalue weighted by molar-refractivity contribution is -0.116. The first kappa shape index (κ1) is 13.9. The second-order valence-electron chi connectivity index (χ2n) is 5.72. The Hall–Kier alpha value is -2.09. The van der Waals surface area contributed by atoms with E-state index < -0.39 is 0 Å². The normalized spacial score (nSPS) is 12.8. The molecule has 108 valence electrons. The average Bonchev–Trinajstić information content (AvgIpc) is 2.51. The second-order valence-corrected chi connectivity index (χ2v) is 5.72. The molecule has 0 saturated carbocycles. The maximum atomic E-state index is 11.9. The third-order valence-electron chi connectivity index (χ3n) is 4.19. The summed E-state index contributed by atoms with van der Waals surface area (Å²) in [5, 5.41) is 0. The summed E-state index contributed by atoms with van der Waals surface area (Å²) in [6.07, 6.45) is 3.56. The maximum absolute atomic E-state index is 11.9. The van der Waals surface area contributed by atoms with Crippen LogP contribution in [0.4, 0.5) is 5.69 Å². The lowest BCUT2D eigenvalue weighted by atomic mass is 9.91. The molecule has 21 heavy (non-hydrogen) atoms. The number of anilines is 1. The fourth-order valence-corrected chi connectivity index (χ4v) is 3.02.